The Balaban J connectivity index is 1.41. The van der Waals surface area contributed by atoms with Crippen molar-refractivity contribution in [2.24, 2.45) is 0 Å². The van der Waals surface area contributed by atoms with E-state index in [0.29, 0.717) is 43.8 Å². The molecule has 2 aliphatic heterocycles. The van der Waals surface area contributed by atoms with E-state index in [0.717, 1.165) is 12.4 Å². The number of urea groups is 1. The number of carbonyl (C=O) groups is 2. The third-order valence-electron chi connectivity index (χ3n) is 5.14. The molecule has 1 N–H and O–H groups in total. The van der Waals surface area contributed by atoms with Gasteiger partial charge in [0.05, 0.1) is 25.1 Å². The monoisotopic (exact) mass is 354 g/mol. The molecule has 26 heavy (non-hydrogen) atoms. The van der Waals surface area contributed by atoms with Crippen LogP contribution in [0.15, 0.2) is 36.7 Å². The molecule has 1 unspecified atom stereocenters. The van der Waals surface area contributed by atoms with Gasteiger partial charge in [-0.2, -0.15) is 0 Å². The van der Waals surface area contributed by atoms with Crippen LogP contribution in [0.2, 0.25) is 0 Å². The number of nitrogens with one attached hydrogen (secondary N) is 1. The van der Waals surface area contributed by atoms with Crippen LogP contribution >= 0.6 is 0 Å². The predicted molar refractivity (Wildman–Crippen MR) is 95.1 cm³/mol. The summed E-state index contributed by atoms with van der Waals surface area (Å²) in [6, 6.07) is 7.16. The number of Topliss-reactive ketones (excluding diaryl/α,β-unsaturated/α-hetero) is 1. The molecule has 2 amide bonds. The van der Waals surface area contributed by atoms with E-state index in [1.54, 1.807) is 17.2 Å². The van der Waals surface area contributed by atoms with Crippen LogP contribution < -0.4 is 10.1 Å². The van der Waals surface area contributed by atoms with Gasteiger partial charge >= 0.3 is 6.03 Å². The van der Waals surface area contributed by atoms with E-state index in [1.807, 2.05) is 35.9 Å². The number of fused-ring (bicyclic) bond motifs is 1. The van der Waals surface area contributed by atoms with Gasteiger partial charge in [-0.1, -0.05) is 12.1 Å². The number of benzene rings is 1. The van der Waals surface area contributed by atoms with Crippen molar-refractivity contribution in [3.05, 3.63) is 48.0 Å². The van der Waals surface area contributed by atoms with Crippen molar-refractivity contribution in [1.29, 1.82) is 0 Å². The van der Waals surface area contributed by atoms with E-state index in [1.165, 1.54) is 0 Å². The van der Waals surface area contributed by atoms with Gasteiger partial charge in [-0.3, -0.25) is 4.79 Å². The Labute approximate surface area is 152 Å². The summed E-state index contributed by atoms with van der Waals surface area (Å²) in [7, 11) is 0. The Bertz CT molecular complexity index is 847. The fraction of sp³-hybridized carbons (Fsp3) is 0.421. The highest BCUT2D eigenvalue weighted by Crippen LogP contribution is 2.38. The van der Waals surface area contributed by atoms with Gasteiger partial charge in [-0.05, 0) is 19.1 Å². The number of carbonyl (C=O) groups excluding carboxylic acids is 2. The Hall–Kier alpha value is -2.83. The highest BCUT2D eigenvalue weighted by atomic mass is 16.5. The highest BCUT2D eigenvalue weighted by molar-refractivity contribution is 6.00. The SMILES string of the molecule is CCn1ccnc1CNC(=O)N1CCC2(CC(=O)c3ccccc3O2)C1. The van der Waals surface area contributed by atoms with Gasteiger partial charge in [0.25, 0.3) is 0 Å². The molecule has 1 aromatic heterocycles. The van der Waals surface area contributed by atoms with Crippen LogP contribution in [0.4, 0.5) is 4.79 Å². The maximum Gasteiger partial charge on any atom is 0.317 e. The summed E-state index contributed by atoms with van der Waals surface area (Å²) < 4.78 is 8.15. The standard InChI is InChI=1S/C19H22N4O3/c1-2-22-10-8-20-17(22)12-21-18(25)23-9-7-19(13-23)11-15(24)14-5-3-4-6-16(14)26-19/h3-6,8,10H,2,7,9,11-13H2,1H3,(H,21,25). The topological polar surface area (TPSA) is 76.5 Å². The van der Waals surface area contributed by atoms with Crippen molar-refractivity contribution in [2.45, 2.75) is 38.5 Å². The van der Waals surface area contributed by atoms with Gasteiger partial charge in [0.1, 0.15) is 17.2 Å². The molecule has 4 rings (SSSR count). The lowest BCUT2D eigenvalue weighted by Gasteiger charge is -2.34. The first-order valence-electron chi connectivity index (χ1n) is 8.94. The first kappa shape index (κ1) is 16.6. The lowest BCUT2D eigenvalue weighted by Crippen LogP contribution is -2.47. The molecule has 3 heterocycles. The summed E-state index contributed by atoms with van der Waals surface area (Å²) in [6.45, 7) is 4.22. The second-order valence-corrected chi connectivity index (χ2v) is 6.84. The molecular formula is C19H22N4O3. The summed E-state index contributed by atoms with van der Waals surface area (Å²) >= 11 is 0. The Kier molecular flexibility index (Phi) is 4.14. The van der Waals surface area contributed by atoms with E-state index < -0.39 is 5.60 Å². The van der Waals surface area contributed by atoms with Gasteiger partial charge in [0.2, 0.25) is 0 Å². The number of hydrogen-bond acceptors (Lipinski definition) is 4. The Morgan fingerprint density at radius 3 is 3.08 bits per heavy atom. The van der Waals surface area contributed by atoms with Crippen LogP contribution in [0.3, 0.4) is 0 Å². The van der Waals surface area contributed by atoms with E-state index in [-0.39, 0.29) is 11.8 Å². The molecule has 1 saturated heterocycles. The van der Waals surface area contributed by atoms with E-state index in [4.69, 9.17) is 4.74 Å². The number of aryl methyl sites for hydroxylation is 1. The molecule has 2 aromatic rings. The zero-order valence-electron chi connectivity index (χ0n) is 14.8. The number of nitrogens with zero attached hydrogens (tertiary/aromatic N) is 3. The van der Waals surface area contributed by atoms with Crippen LogP contribution in [0.5, 0.6) is 5.75 Å². The second kappa shape index (κ2) is 6.48. The number of likely N-dealkylation sites (tertiary alicyclic amines) is 1. The number of hydrogen-bond donors (Lipinski definition) is 1. The van der Waals surface area contributed by atoms with E-state index in [9.17, 15) is 9.59 Å². The Morgan fingerprint density at radius 2 is 2.23 bits per heavy atom. The second-order valence-electron chi connectivity index (χ2n) is 6.84. The van der Waals surface area contributed by atoms with Crippen LogP contribution in [-0.2, 0) is 13.1 Å². The Morgan fingerprint density at radius 1 is 1.38 bits per heavy atom. The van der Waals surface area contributed by atoms with Gasteiger partial charge in [-0.15, -0.1) is 0 Å². The molecule has 1 aromatic carbocycles. The number of amides is 2. The summed E-state index contributed by atoms with van der Waals surface area (Å²) in [6.07, 6.45) is 4.60. The van der Waals surface area contributed by atoms with Crippen molar-refractivity contribution in [1.82, 2.24) is 19.8 Å². The third-order valence-corrected chi connectivity index (χ3v) is 5.14. The molecule has 0 radical (unpaired) electrons. The summed E-state index contributed by atoms with van der Waals surface area (Å²) in [5.41, 5.74) is 0.0254. The third kappa shape index (κ3) is 2.94. The van der Waals surface area contributed by atoms with Crippen LogP contribution in [0.1, 0.15) is 35.9 Å². The van der Waals surface area contributed by atoms with Gasteiger partial charge in [0, 0.05) is 31.9 Å². The number of ether oxygens (including phenoxy) is 1. The van der Waals surface area contributed by atoms with Crippen molar-refractivity contribution >= 4 is 11.8 Å². The molecule has 1 fully saturated rings. The molecule has 7 heteroatoms. The number of ketones is 1. The van der Waals surface area contributed by atoms with Crippen molar-refractivity contribution in [3.8, 4) is 5.75 Å². The maximum absolute atomic E-state index is 12.5. The fourth-order valence-electron chi connectivity index (χ4n) is 3.75. The number of imidazole rings is 1. The number of aromatic nitrogens is 2. The number of para-hydroxylation sites is 1. The first-order chi connectivity index (χ1) is 12.6. The molecule has 2 aliphatic rings. The molecule has 1 atom stereocenters. The number of rotatable bonds is 3. The predicted octanol–water partition coefficient (Wildman–Crippen LogP) is 2.22. The van der Waals surface area contributed by atoms with Crippen molar-refractivity contribution in [3.63, 3.8) is 0 Å². The van der Waals surface area contributed by atoms with E-state index >= 15 is 0 Å². The lowest BCUT2D eigenvalue weighted by atomic mass is 9.89. The van der Waals surface area contributed by atoms with Crippen LogP contribution in [-0.4, -0.2) is 45.0 Å². The molecule has 0 bridgehead atoms. The molecule has 7 nitrogen and oxygen atoms in total. The minimum atomic E-state index is -0.606. The van der Waals surface area contributed by atoms with Crippen molar-refractivity contribution < 1.29 is 14.3 Å². The zero-order chi connectivity index (χ0) is 18.1. The summed E-state index contributed by atoms with van der Waals surface area (Å²) in [4.78, 5) is 31.0. The van der Waals surface area contributed by atoms with Crippen molar-refractivity contribution in [2.75, 3.05) is 13.1 Å². The molecule has 136 valence electrons. The van der Waals surface area contributed by atoms with E-state index in [2.05, 4.69) is 10.3 Å². The zero-order valence-corrected chi connectivity index (χ0v) is 14.8. The first-order valence-corrected chi connectivity index (χ1v) is 8.94. The maximum atomic E-state index is 12.5. The van der Waals surface area contributed by atoms with Crippen LogP contribution in [0.25, 0.3) is 0 Å². The summed E-state index contributed by atoms with van der Waals surface area (Å²) in [5.74, 6) is 1.53. The molecule has 1 spiro atoms. The molecular weight excluding hydrogens is 332 g/mol. The van der Waals surface area contributed by atoms with Gasteiger partial charge in [-0.25, -0.2) is 9.78 Å². The smallest absolute Gasteiger partial charge is 0.317 e. The van der Waals surface area contributed by atoms with Gasteiger partial charge < -0.3 is 19.5 Å². The minimum absolute atomic E-state index is 0.0825. The normalized spacial score (nSPS) is 21.6. The quantitative estimate of drug-likeness (QED) is 0.917. The largest absolute Gasteiger partial charge is 0.484 e. The van der Waals surface area contributed by atoms with Crippen LogP contribution in [0, 0.1) is 0 Å². The lowest BCUT2D eigenvalue weighted by molar-refractivity contribution is 0.0478. The average molecular weight is 354 g/mol. The average Bonchev–Trinajstić information content (AvgIpc) is 3.26. The highest BCUT2D eigenvalue weighted by Gasteiger charge is 2.46. The molecule has 0 aliphatic carbocycles. The summed E-state index contributed by atoms with van der Waals surface area (Å²) in [5, 5.41) is 2.92. The fourth-order valence-corrected chi connectivity index (χ4v) is 3.75. The van der Waals surface area contributed by atoms with Gasteiger partial charge in [0.15, 0.2) is 5.78 Å². The minimum Gasteiger partial charge on any atom is -0.484 e. The molecule has 0 saturated carbocycles.